The molecule has 2 heterocycles. The van der Waals surface area contributed by atoms with Crippen LogP contribution in [-0.4, -0.2) is 38.8 Å². The molecule has 0 amide bonds. The summed E-state index contributed by atoms with van der Waals surface area (Å²) >= 11 is 0. The molecule has 0 spiro atoms. The van der Waals surface area contributed by atoms with Crippen molar-refractivity contribution in [2.24, 2.45) is 7.05 Å². The summed E-state index contributed by atoms with van der Waals surface area (Å²) in [5, 5.41) is 9.36. The number of hydrogen-bond donors (Lipinski definition) is 1. The van der Waals surface area contributed by atoms with Crippen LogP contribution in [0.2, 0.25) is 0 Å². The van der Waals surface area contributed by atoms with Crippen molar-refractivity contribution in [1.29, 1.82) is 0 Å². The third kappa shape index (κ3) is 2.13. The number of aliphatic hydroxyl groups is 1. The third-order valence-electron chi connectivity index (χ3n) is 2.84. The van der Waals surface area contributed by atoms with Crippen molar-refractivity contribution in [3.8, 4) is 0 Å². The zero-order valence-corrected chi connectivity index (χ0v) is 8.56. The van der Waals surface area contributed by atoms with E-state index in [0.717, 1.165) is 38.3 Å². The summed E-state index contributed by atoms with van der Waals surface area (Å²) in [4.78, 5) is 6.63. The molecule has 0 atom stereocenters. The minimum Gasteiger partial charge on any atom is -0.393 e. The van der Waals surface area contributed by atoms with Gasteiger partial charge in [0.1, 0.15) is 5.82 Å². The zero-order chi connectivity index (χ0) is 9.97. The van der Waals surface area contributed by atoms with Crippen LogP contribution in [0.4, 0.5) is 0 Å². The maximum atomic E-state index is 9.36. The summed E-state index contributed by atoms with van der Waals surface area (Å²) in [7, 11) is 2.02. The average Bonchev–Trinajstić information content (AvgIpc) is 2.56. The van der Waals surface area contributed by atoms with E-state index in [2.05, 4.69) is 9.88 Å². The van der Waals surface area contributed by atoms with Crippen LogP contribution in [0.3, 0.4) is 0 Å². The predicted octanol–water partition coefficient (Wildman–Crippen LogP) is 0.377. The van der Waals surface area contributed by atoms with E-state index in [0.29, 0.717) is 0 Å². The van der Waals surface area contributed by atoms with E-state index >= 15 is 0 Å². The Kier molecular flexibility index (Phi) is 2.84. The summed E-state index contributed by atoms with van der Waals surface area (Å²) in [5.41, 5.74) is 0. The lowest BCUT2D eigenvalue weighted by Gasteiger charge is -2.28. The summed E-state index contributed by atoms with van der Waals surface area (Å²) in [6.07, 6.45) is 5.49. The van der Waals surface area contributed by atoms with Crippen LogP contribution < -0.4 is 0 Å². The molecule has 1 fully saturated rings. The van der Waals surface area contributed by atoms with Gasteiger partial charge in [0.25, 0.3) is 0 Å². The minimum atomic E-state index is -0.0902. The second-order valence-corrected chi connectivity index (χ2v) is 3.96. The molecule has 1 aliphatic heterocycles. The first-order valence-corrected chi connectivity index (χ1v) is 5.12. The molecule has 14 heavy (non-hydrogen) atoms. The molecule has 1 aliphatic rings. The van der Waals surface area contributed by atoms with E-state index in [1.807, 2.05) is 24.0 Å². The number of aromatic nitrogens is 2. The van der Waals surface area contributed by atoms with Gasteiger partial charge in [-0.15, -0.1) is 0 Å². The SMILES string of the molecule is Cn1ccnc1CN1CCC(O)CC1. The maximum Gasteiger partial charge on any atom is 0.122 e. The quantitative estimate of drug-likeness (QED) is 0.741. The predicted molar refractivity (Wildman–Crippen MR) is 53.7 cm³/mol. The summed E-state index contributed by atoms with van der Waals surface area (Å²) in [6.45, 7) is 2.86. The highest BCUT2D eigenvalue weighted by atomic mass is 16.3. The second kappa shape index (κ2) is 4.11. The van der Waals surface area contributed by atoms with Crippen LogP contribution in [0, 0.1) is 0 Å². The number of aryl methyl sites for hydroxylation is 1. The summed E-state index contributed by atoms with van der Waals surface area (Å²) < 4.78 is 2.05. The lowest BCUT2D eigenvalue weighted by molar-refractivity contribution is 0.0776. The standard InChI is InChI=1S/C10H17N3O/c1-12-7-4-11-10(12)8-13-5-2-9(14)3-6-13/h4,7,9,14H,2-3,5-6,8H2,1H3. The average molecular weight is 195 g/mol. The van der Waals surface area contributed by atoms with E-state index < -0.39 is 0 Å². The van der Waals surface area contributed by atoms with Crippen molar-refractivity contribution in [1.82, 2.24) is 14.5 Å². The number of hydrogen-bond acceptors (Lipinski definition) is 3. The van der Waals surface area contributed by atoms with Crippen molar-refractivity contribution >= 4 is 0 Å². The van der Waals surface area contributed by atoms with Gasteiger partial charge in [-0.1, -0.05) is 0 Å². The molecule has 1 aromatic heterocycles. The molecule has 1 aromatic rings. The normalized spacial score (nSPS) is 20.1. The van der Waals surface area contributed by atoms with Gasteiger partial charge in [0.05, 0.1) is 12.6 Å². The van der Waals surface area contributed by atoms with Crippen molar-refractivity contribution in [3.63, 3.8) is 0 Å². The van der Waals surface area contributed by atoms with Crippen LogP contribution in [0.1, 0.15) is 18.7 Å². The number of piperidine rings is 1. The highest BCUT2D eigenvalue weighted by Crippen LogP contribution is 2.12. The Balaban J connectivity index is 1.89. The van der Waals surface area contributed by atoms with Crippen LogP contribution in [0.25, 0.3) is 0 Å². The van der Waals surface area contributed by atoms with Gasteiger partial charge in [0.15, 0.2) is 0 Å². The molecule has 0 aliphatic carbocycles. The number of aliphatic hydroxyl groups excluding tert-OH is 1. The largest absolute Gasteiger partial charge is 0.393 e. The third-order valence-corrected chi connectivity index (χ3v) is 2.84. The topological polar surface area (TPSA) is 41.3 Å². The van der Waals surface area contributed by atoms with Gasteiger partial charge in [0, 0.05) is 32.5 Å². The second-order valence-electron chi connectivity index (χ2n) is 3.96. The molecule has 4 nitrogen and oxygen atoms in total. The monoisotopic (exact) mass is 195 g/mol. The van der Waals surface area contributed by atoms with Crippen molar-refractivity contribution in [3.05, 3.63) is 18.2 Å². The summed E-state index contributed by atoms with van der Waals surface area (Å²) in [5.74, 6) is 1.10. The van der Waals surface area contributed by atoms with Gasteiger partial charge in [-0.3, -0.25) is 4.90 Å². The van der Waals surface area contributed by atoms with Gasteiger partial charge >= 0.3 is 0 Å². The van der Waals surface area contributed by atoms with E-state index in [9.17, 15) is 5.11 Å². The number of rotatable bonds is 2. The maximum absolute atomic E-state index is 9.36. The van der Waals surface area contributed by atoms with Crippen molar-refractivity contribution < 1.29 is 5.11 Å². The smallest absolute Gasteiger partial charge is 0.122 e. The van der Waals surface area contributed by atoms with Crippen LogP contribution in [0.15, 0.2) is 12.4 Å². The first-order chi connectivity index (χ1) is 6.75. The number of imidazole rings is 1. The molecular weight excluding hydrogens is 178 g/mol. The fourth-order valence-corrected chi connectivity index (χ4v) is 1.83. The van der Waals surface area contributed by atoms with E-state index in [-0.39, 0.29) is 6.10 Å². The molecular formula is C10H17N3O. The van der Waals surface area contributed by atoms with E-state index in [1.165, 1.54) is 0 Å². The van der Waals surface area contributed by atoms with Crippen LogP contribution in [0.5, 0.6) is 0 Å². The Labute approximate surface area is 84.2 Å². The van der Waals surface area contributed by atoms with Gasteiger partial charge in [-0.25, -0.2) is 4.98 Å². The van der Waals surface area contributed by atoms with Crippen molar-refractivity contribution in [2.45, 2.75) is 25.5 Å². The molecule has 0 radical (unpaired) electrons. The minimum absolute atomic E-state index is 0.0902. The Hall–Kier alpha value is -0.870. The lowest BCUT2D eigenvalue weighted by atomic mass is 10.1. The molecule has 2 rings (SSSR count). The Bertz CT molecular complexity index is 289. The lowest BCUT2D eigenvalue weighted by Crippen LogP contribution is -2.35. The van der Waals surface area contributed by atoms with Gasteiger partial charge in [-0.05, 0) is 12.8 Å². The number of nitrogens with zero attached hydrogens (tertiary/aromatic N) is 3. The zero-order valence-electron chi connectivity index (χ0n) is 8.56. The fourth-order valence-electron chi connectivity index (χ4n) is 1.83. The van der Waals surface area contributed by atoms with Gasteiger partial charge in [0.2, 0.25) is 0 Å². The first kappa shape index (κ1) is 9.68. The van der Waals surface area contributed by atoms with E-state index in [1.54, 1.807) is 0 Å². The van der Waals surface area contributed by atoms with Gasteiger partial charge < -0.3 is 9.67 Å². The molecule has 0 bridgehead atoms. The van der Waals surface area contributed by atoms with E-state index in [4.69, 9.17) is 0 Å². The number of likely N-dealkylation sites (tertiary alicyclic amines) is 1. The first-order valence-electron chi connectivity index (χ1n) is 5.12. The Morgan fingerprint density at radius 1 is 1.50 bits per heavy atom. The fraction of sp³-hybridized carbons (Fsp3) is 0.700. The van der Waals surface area contributed by atoms with Gasteiger partial charge in [-0.2, -0.15) is 0 Å². The highest BCUT2D eigenvalue weighted by Gasteiger charge is 2.17. The molecule has 4 heteroatoms. The highest BCUT2D eigenvalue weighted by molar-refractivity contribution is 4.91. The Morgan fingerprint density at radius 2 is 2.21 bits per heavy atom. The molecule has 1 saturated heterocycles. The van der Waals surface area contributed by atoms with Crippen LogP contribution in [-0.2, 0) is 13.6 Å². The Morgan fingerprint density at radius 3 is 2.79 bits per heavy atom. The van der Waals surface area contributed by atoms with Crippen molar-refractivity contribution in [2.75, 3.05) is 13.1 Å². The summed E-state index contributed by atoms with van der Waals surface area (Å²) in [6, 6.07) is 0. The molecule has 78 valence electrons. The molecule has 0 unspecified atom stereocenters. The van der Waals surface area contributed by atoms with Crippen LogP contribution >= 0.6 is 0 Å². The molecule has 1 N–H and O–H groups in total. The molecule has 0 saturated carbocycles. The molecule has 0 aromatic carbocycles.